The molecule has 2 atom stereocenters. The molecular formula is C26H24FN5O3S2. The number of nitrogens with zero attached hydrogens (tertiary/aromatic N) is 3. The maximum atomic E-state index is 13.7. The van der Waals surface area contributed by atoms with Crippen LogP contribution in [0.5, 0.6) is 5.75 Å². The van der Waals surface area contributed by atoms with E-state index < -0.39 is 10.0 Å². The number of benzene rings is 2. The van der Waals surface area contributed by atoms with Crippen LogP contribution in [0, 0.1) is 5.82 Å². The van der Waals surface area contributed by atoms with Crippen molar-refractivity contribution in [2.24, 2.45) is 0 Å². The van der Waals surface area contributed by atoms with Crippen LogP contribution >= 0.6 is 12.2 Å². The number of sulfonamides is 1. The summed E-state index contributed by atoms with van der Waals surface area (Å²) < 4.78 is 47.6. The fraction of sp³-hybridized carbons (Fsp3) is 0.154. The van der Waals surface area contributed by atoms with Crippen molar-refractivity contribution in [2.75, 3.05) is 23.0 Å². The first-order valence-electron chi connectivity index (χ1n) is 11.3. The van der Waals surface area contributed by atoms with Crippen molar-refractivity contribution in [1.82, 2.24) is 14.9 Å². The Morgan fingerprint density at radius 1 is 1.05 bits per heavy atom. The number of nitrogens with one attached hydrogen (secondary N) is 2. The van der Waals surface area contributed by atoms with Crippen molar-refractivity contribution in [3.05, 3.63) is 102 Å². The molecule has 3 heterocycles. The molecule has 190 valence electrons. The number of hydrogen-bond acceptors (Lipinski definition) is 5. The molecule has 8 nitrogen and oxygen atoms in total. The van der Waals surface area contributed by atoms with Gasteiger partial charge in [-0.2, -0.15) is 0 Å². The number of pyridine rings is 1. The van der Waals surface area contributed by atoms with Gasteiger partial charge in [0.2, 0.25) is 10.0 Å². The third-order valence-electron chi connectivity index (χ3n) is 6.04. The third kappa shape index (κ3) is 5.00. The maximum Gasteiger partial charge on any atom is 0.229 e. The predicted molar refractivity (Wildman–Crippen MR) is 145 cm³/mol. The quantitative estimate of drug-likeness (QED) is 0.334. The van der Waals surface area contributed by atoms with Crippen LogP contribution in [0.2, 0.25) is 0 Å². The average Bonchev–Trinajstić information content (AvgIpc) is 3.48. The zero-order valence-electron chi connectivity index (χ0n) is 20.0. The molecule has 1 saturated heterocycles. The topological polar surface area (TPSA) is 88.5 Å². The molecule has 2 N–H and O–H groups in total. The van der Waals surface area contributed by atoms with Crippen LogP contribution in [-0.2, 0) is 10.0 Å². The first-order chi connectivity index (χ1) is 17.7. The number of anilines is 2. The van der Waals surface area contributed by atoms with Crippen LogP contribution in [0.1, 0.15) is 23.5 Å². The summed E-state index contributed by atoms with van der Waals surface area (Å²) in [5.41, 5.74) is 3.39. The molecule has 11 heteroatoms. The second-order valence-electron chi connectivity index (χ2n) is 8.53. The highest BCUT2D eigenvalue weighted by molar-refractivity contribution is 7.92. The van der Waals surface area contributed by atoms with Crippen LogP contribution in [0.15, 0.2) is 85.2 Å². The molecule has 0 spiro atoms. The zero-order valence-corrected chi connectivity index (χ0v) is 21.6. The summed E-state index contributed by atoms with van der Waals surface area (Å²) in [5.74, 6) is 0.0538. The van der Waals surface area contributed by atoms with E-state index in [0.717, 1.165) is 23.3 Å². The number of rotatable bonds is 7. The summed E-state index contributed by atoms with van der Waals surface area (Å²) in [6.07, 6.45) is 4.71. The summed E-state index contributed by atoms with van der Waals surface area (Å²) in [6.45, 7) is 0. The largest absolute Gasteiger partial charge is 0.495 e. The highest BCUT2D eigenvalue weighted by Gasteiger charge is 2.42. The van der Waals surface area contributed by atoms with Gasteiger partial charge in [-0.1, -0.05) is 6.07 Å². The van der Waals surface area contributed by atoms with Gasteiger partial charge in [0.1, 0.15) is 17.6 Å². The van der Waals surface area contributed by atoms with Crippen molar-refractivity contribution >= 4 is 38.7 Å². The minimum atomic E-state index is -3.56. The molecule has 37 heavy (non-hydrogen) atoms. The van der Waals surface area contributed by atoms with E-state index in [1.54, 1.807) is 30.5 Å². The Morgan fingerprint density at radius 3 is 2.49 bits per heavy atom. The van der Waals surface area contributed by atoms with Crippen LogP contribution < -0.4 is 19.7 Å². The van der Waals surface area contributed by atoms with E-state index in [0.29, 0.717) is 22.2 Å². The van der Waals surface area contributed by atoms with Gasteiger partial charge in [-0.3, -0.25) is 9.71 Å². The fourth-order valence-corrected chi connectivity index (χ4v) is 5.44. The van der Waals surface area contributed by atoms with Crippen molar-refractivity contribution < 1.29 is 17.5 Å². The van der Waals surface area contributed by atoms with Crippen LogP contribution in [-0.4, -0.2) is 36.4 Å². The van der Waals surface area contributed by atoms with E-state index in [1.807, 2.05) is 52.1 Å². The molecule has 1 aliphatic rings. The Morgan fingerprint density at radius 2 is 1.81 bits per heavy atom. The molecule has 4 aromatic rings. The lowest BCUT2D eigenvalue weighted by molar-refractivity contribution is 0.417. The van der Waals surface area contributed by atoms with E-state index in [4.69, 9.17) is 17.0 Å². The monoisotopic (exact) mass is 537 g/mol. The van der Waals surface area contributed by atoms with Gasteiger partial charge in [-0.15, -0.1) is 0 Å². The smallest absolute Gasteiger partial charge is 0.229 e. The maximum absolute atomic E-state index is 13.7. The predicted octanol–water partition coefficient (Wildman–Crippen LogP) is 4.57. The molecular weight excluding hydrogens is 513 g/mol. The minimum Gasteiger partial charge on any atom is -0.495 e. The van der Waals surface area contributed by atoms with E-state index in [1.165, 1.54) is 19.2 Å². The van der Waals surface area contributed by atoms with Gasteiger partial charge in [0.15, 0.2) is 5.11 Å². The van der Waals surface area contributed by atoms with Crippen LogP contribution in [0.4, 0.5) is 15.8 Å². The minimum absolute atomic E-state index is 0.291. The Hall–Kier alpha value is -3.96. The van der Waals surface area contributed by atoms with E-state index in [-0.39, 0.29) is 17.9 Å². The summed E-state index contributed by atoms with van der Waals surface area (Å²) in [7, 11) is -2.09. The summed E-state index contributed by atoms with van der Waals surface area (Å²) >= 11 is 5.80. The van der Waals surface area contributed by atoms with Crippen LogP contribution in [0.25, 0.3) is 5.69 Å². The number of halogens is 1. The lowest BCUT2D eigenvalue weighted by Gasteiger charge is -2.29. The number of hydrogen-bond donors (Lipinski definition) is 2. The summed E-state index contributed by atoms with van der Waals surface area (Å²) in [5, 5.41) is 3.84. The molecule has 2 aromatic heterocycles. The molecule has 0 radical (unpaired) electrons. The van der Waals surface area contributed by atoms with E-state index >= 15 is 0 Å². The Kier molecular flexibility index (Phi) is 6.57. The molecule has 1 fully saturated rings. The molecule has 2 aromatic carbocycles. The molecule has 1 aliphatic heterocycles. The van der Waals surface area contributed by atoms with E-state index in [2.05, 4.69) is 15.0 Å². The number of methoxy groups -OCH3 is 1. The number of thiocarbonyl (C=S) groups is 1. The van der Waals surface area contributed by atoms with Crippen molar-refractivity contribution in [1.29, 1.82) is 0 Å². The second-order valence-corrected chi connectivity index (χ2v) is 10.7. The van der Waals surface area contributed by atoms with Crippen molar-refractivity contribution in [2.45, 2.75) is 12.1 Å². The SMILES string of the molecule is COc1ccc(N2C(=S)N[C@@H](c3ccccn3)[C@@H]2c2cccn2-c2ccc(F)cc2)cc1NS(C)(=O)=O. The Bertz CT molecular complexity index is 1540. The third-order valence-corrected chi connectivity index (χ3v) is 6.95. The Balaban J connectivity index is 1.66. The standard InChI is InChI=1S/C26H24FN5O3S2/c1-35-23-13-12-19(16-21(23)30-37(2,33)34)32-25(24(29-26(32)36)20-6-3-4-14-28-20)22-7-5-15-31(22)18-10-8-17(27)9-11-18/h3-16,24-25,30H,1-2H3,(H,29,36)/t24-,25-/m0/s1. The number of aromatic nitrogens is 2. The van der Waals surface area contributed by atoms with E-state index in [9.17, 15) is 12.8 Å². The number of ether oxygens (including phenoxy) is 1. The van der Waals surface area contributed by atoms with Gasteiger partial charge in [0.25, 0.3) is 0 Å². The molecule has 0 unspecified atom stereocenters. The lowest BCUT2D eigenvalue weighted by atomic mass is 10.0. The van der Waals surface area contributed by atoms with Gasteiger partial charge >= 0.3 is 0 Å². The fourth-order valence-electron chi connectivity index (χ4n) is 4.53. The van der Waals surface area contributed by atoms with Crippen molar-refractivity contribution in [3.63, 3.8) is 0 Å². The highest BCUT2D eigenvalue weighted by atomic mass is 32.2. The highest BCUT2D eigenvalue weighted by Crippen LogP contribution is 2.43. The van der Waals surface area contributed by atoms with Crippen LogP contribution in [0.3, 0.4) is 0 Å². The molecule has 0 amide bonds. The van der Waals surface area contributed by atoms with Gasteiger partial charge < -0.3 is 19.5 Å². The Labute approximate surface area is 219 Å². The molecule has 0 aliphatic carbocycles. The first-order valence-corrected chi connectivity index (χ1v) is 13.6. The second kappa shape index (κ2) is 9.83. The summed E-state index contributed by atoms with van der Waals surface area (Å²) in [4.78, 5) is 6.50. The van der Waals surface area contributed by atoms with Gasteiger partial charge in [-0.05, 0) is 78.9 Å². The molecule has 5 rings (SSSR count). The van der Waals surface area contributed by atoms with Gasteiger partial charge in [0.05, 0.1) is 30.8 Å². The van der Waals surface area contributed by atoms with Crippen molar-refractivity contribution in [3.8, 4) is 11.4 Å². The zero-order chi connectivity index (χ0) is 26.2. The lowest BCUT2D eigenvalue weighted by Crippen LogP contribution is -2.30. The molecule has 0 saturated carbocycles. The van der Waals surface area contributed by atoms with Gasteiger partial charge in [-0.25, -0.2) is 12.8 Å². The average molecular weight is 538 g/mol. The summed E-state index contributed by atoms with van der Waals surface area (Å²) in [6, 6.07) is 20.3. The first kappa shape index (κ1) is 24.7. The molecule has 0 bridgehead atoms. The van der Waals surface area contributed by atoms with Gasteiger partial charge in [0, 0.05) is 29.5 Å². The normalized spacial score (nSPS) is 17.5.